The second-order valence-electron chi connectivity index (χ2n) is 4.23. The third-order valence-electron chi connectivity index (χ3n) is 2.72. The molecule has 0 saturated heterocycles. The van der Waals surface area contributed by atoms with Gasteiger partial charge in [-0.15, -0.1) is 0 Å². The summed E-state index contributed by atoms with van der Waals surface area (Å²) in [5, 5.41) is 11.1. The van der Waals surface area contributed by atoms with E-state index in [2.05, 4.69) is 0 Å². The molecule has 0 aliphatic carbocycles. The van der Waals surface area contributed by atoms with Gasteiger partial charge in [0.1, 0.15) is 6.61 Å². The summed E-state index contributed by atoms with van der Waals surface area (Å²) in [5.41, 5.74) is 6.26. The van der Waals surface area contributed by atoms with Gasteiger partial charge in [-0.1, -0.05) is 23.7 Å². The highest BCUT2D eigenvalue weighted by Gasteiger charge is 2.15. The maximum atomic E-state index is 11.9. The van der Waals surface area contributed by atoms with Gasteiger partial charge in [0.05, 0.1) is 16.2 Å². The summed E-state index contributed by atoms with van der Waals surface area (Å²) in [6, 6.07) is 10.5. The van der Waals surface area contributed by atoms with Crippen molar-refractivity contribution in [3.8, 4) is 0 Å². The number of carbonyl (C=O) groups excluding carboxylic acids is 1. The van der Waals surface area contributed by atoms with Gasteiger partial charge < -0.3 is 10.5 Å². The number of nitro groups is 1. The molecular weight excluding hydrogens is 296 g/mol. The lowest BCUT2D eigenvalue weighted by Crippen LogP contribution is -2.08. The van der Waals surface area contributed by atoms with E-state index in [1.807, 2.05) is 0 Å². The van der Waals surface area contributed by atoms with E-state index in [-0.39, 0.29) is 23.5 Å². The van der Waals surface area contributed by atoms with Crippen LogP contribution in [0, 0.1) is 10.1 Å². The number of halogens is 1. The fraction of sp³-hybridized carbons (Fsp3) is 0.0714. The molecule has 0 aliphatic rings. The van der Waals surface area contributed by atoms with Crippen LogP contribution in [0.2, 0.25) is 5.02 Å². The number of non-ortho nitro benzene ring substituents is 1. The van der Waals surface area contributed by atoms with Crippen molar-refractivity contribution in [1.29, 1.82) is 0 Å². The Morgan fingerprint density at radius 1 is 1.29 bits per heavy atom. The van der Waals surface area contributed by atoms with Gasteiger partial charge in [-0.25, -0.2) is 4.79 Å². The first kappa shape index (κ1) is 14.8. The van der Waals surface area contributed by atoms with Crippen LogP contribution in [0.15, 0.2) is 42.5 Å². The molecule has 0 amide bonds. The Labute approximate surface area is 125 Å². The van der Waals surface area contributed by atoms with Crippen LogP contribution in [0.3, 0.4) is 0 Å². The lowest BCUT2D eigenvalue weighted by atomic mass is 10.1. The van der Waals surface area contributed by atoms with Gasteiger partial charge in [-0.3, -0.25) is 10.1 Å². The summed E-state index contributed by atoms with van der Waals surface area (Å²) in [5.74, 6) is -0.651. The number of benzene rings is 2. The molecule has 0 unspecified atom stereocenters. The zero-order valence-corrected chi connectivity index (χ0v) is 11.5. The summed E-state index contributed by atoms with van der Waals surface area (Å²) in [6.07, 6.45) is 0. The predicted octanol–water partition coefficient (Wildman–Crippen LogP) is 3.19. The molecule has 0 bridgehead atoms. The minimum absolute atomic E-state index is 0.000272. The van der Waals surface area contributed by atoms with Gasteiger partial charge in [0.15, 0.2) is 0 Å². The summed E-state index contributed by atoms with van der Waals surface area (Å²) < 4.78 is 5.10. The van der Waals surface area contributed by atoms with Crippen molar-refractivity contribution in [2.24, 2.45) is 0 Å². The van der Waals surface area contributed by atoms with E-state index in [0.717, 1.165) is 11.6 Å². The first-order valence-corrected chi connectivity index (χ1v) is 6.30. The second-order valence-corrected chi connectivity index (χ2v) is 4.67. The van der Waals surface area contributed by atoms with Gasteiger partial charge in [0, 0.05) is 17.2 Å². The van der Waals surface area contributed by atoms with E-state index in [0.29, 0.717) is 5.02 Å². The Bertz CT molecular complexity index is 703. The number of hydrogen-bond acceptors (Lipinski definition) is 5. The van der Waals surface area contributed by atoms with Crippen LogP contribution in [0.5, 0.6) is 0 Å². The quantitative estimate of drug-likeness (QED) is 0.405. The van der Waals surface area contributed by atoms with E-state index < -0.39 is 10.9 Å². The molecule has 2 aromatic rings. The van der Waals surface area contributed by atoms with Crippen LogP contribution < -0.4 is 5.73 Å². The molecule has 2 aromatic carbocycles. The van der Waals surface area contributed by atoms with Crippen molar-refractivity contribution in [3.05, 3.63) is 68.7 Å². The standard InChI is InChI=1S/C14H11ClN2O4/c15-10-3-1-2-9(6-10)8-21-14(18)12-5-4-11(17(19)20)7-13(12)16/h1-7H,8,16H2. The molecule has 2 N–H and O–H groups in total. The fourth-order valence-electron chi connectivity index (χ4n) is 1.70. The van der Waals surface area contributed by atoms with Gasteiger partial charge in [0.2, 0.25) is 0 Å². The van der Waals surface area contributed by atoms with Crippen molar-refractivity contribution >= 4 is 28.9 Å². The number of hydrogen-bond donors (Lipinski definition) is 1. The van der Waals surface area contributed by atoms with Gasteiger partial charge in [0.25, 0.3) is 5.69 Å². The summed E-state index contributed by atoms with van der Waals surface area (Å²) in [7, 11) is 0. The number of ether oxygens (including phenoxy) is 1. The van der Waals surface area contributed by atoms with Crippen LogP contribution in [-0.2, 0) is 11.3 Å². The van der Waals surface area contributed by atoms with Gasteiger partial charge in [-0.05, 0) is 23.8 Å². The SMILES string of the molecule is Nc1cc([N+](=O)[O-])ccc1C(=O)OCc1cccc(Cl)c1. The van der Waals surface area contributed by atoms with E-state index in [9.17, 15) is 14.9 Å². The van der Waals surface area contributed by atoms with Gasteiger partial charge >= 0.3 is 5.97 Å². The lowest BCUT2D eigenvalue weighted by Gasteiger charge is -2.07. The molecule has 0 radical (unpaired) electrons. The normalized spacial score (nSPS) is 10.1. The van der Waals surface area contributed by atoms with Crippen LogP contribution in [0.4, 0.5) is 11.4 Å². The number of nitro benzene ring substituents is 1. The van der Waals surface area contributed by atoms with Crippen LogP contribution in [-0.4, -0.2) is 10.9 Å². The summed E-state index contributed by atoms with van der Waals surface area (Å²) >= 11 is 5.83. The smallest absolute Gasteiger partial charge is 0.340 e. The summed E-state index contributed by atoms with van der Waals surface area (Å²) in [6.45, 7) is 0.0375. The number of nitrogen functional groups attached to an aromatic ring is 1. The largest absolute Gasteiger partial charge is 0.457 e. The number of nitrogens with two attached hydrogens (primary N) is 1. The van der Waals surface area contributed by atoms with Crippen LogP contribution in [0.1, 0.15) is 15.9 Å². The zero-order chi connectivity index (χ0) is 15.4. The van der Waals surface area contributed by atoms with Crippen LogP contribution in [0.25, 0.3) is 0 Å². The molecule has 0 spiro atoms. The molecule has 0 atom stereocenters. The minimum atomic E-state index is -0.651. The van der Waals surface area contributed by atoms with E-state index in [4.69, 9.17) is 22.1 Å². The van der Waals surface area contributed by atoms with Crippen molar-refractivity contribution in [1.82, 2.24) is 0 Å². The number of carbonyl (C=O) groups is 1. The van der Waals surface area contributed by atoms with Crippen molar-refractivity contribution < 1.29 is 14.5 Å². The molecule has 0 aliphatic heterocycles. The minimum Gasteiger partial charge on any atom is -0.457 e. The second kappa shape index (κ2) is 6.23. The molecule has 0 fully saturated rings. The first-order chi connectivity index (χ1) is 9.97. The maximum absolute atomic E-state index is 11.9. The third-order valence-corrected chi connectivity index (χ3v) is 2.96. The highest BCUT2D eigenvalue weighted by molar-refractivity contribution is 6.30. The Kier molecular flexibility index (Phi) is 4.39. The predicted molar refractivity (Wildman–Crippen MR) is 78.1 cm³/mol. The number of esters is 1. The van der Waals surface area contributed by atoms with Crippen LogP contribution >= 0.6 is 11.6 Å². The number of anilines is 1. The fourth-order valence-corrected chi connectivity index (χ4v) is 1.92. The molecular formula is C14H11ClN2O4. The molecule has 2 rings (SSSR count). The molecule has 108 valence electrons. The molecule has 7 heteroatoms. The Hall–Kier alpha value is -2.60. The van der Waals surface area contributed by atoms with E-state index >= 15 is 0 Å². The zero-order valence-electron chi connectivity index (χ0n) is 10.8. The Morgan fingerprint density at radius 2 is 2.05 bits per heavy atom. The monoisotopic (exact) mass is 306 g/mol. The highest BCUT2D eigenvalue weighted by Crippen LogP contribution is 2.21. The lowest BCUT2D eigenvalue weighted by molar-refractivity contribution is -0.384. The number of nitrogens with zero attached hydrogens (tertiary/aromatic N) is 1. The number of rotatable bonds is 4. The Morgan fingerprint density at radius 3 is 2.67 bits per heavy atom. The highest BCUT2D eigenvalue weighted by atomic mass is 35.5. The first-order valence-electron chi connectivity index (χ1n) is 5.93. The molecule has 0 heterocycles. The summed E-state index contributed by atoms with van der Waals surface area (Å²) in [4.78, 5) is 21.9. The maximum Gasteiger partial charge on any atom is 0.340 e. The van der Waals surface area contributed by atoms with Crippen molar-refractivity contribution in [2.45, 2.75) is 6.61 Å². The van der Waals surface area contributed by atoms with E-state index in [1.54, 1.807) is 24.3 Å². The molecule has 0 aromatic heterocycles. The third kappa shape index (κ3) is 3.70. The van der Waals surface area contributed by atoms with Gasteiger partial charge in [-0.2, -0.15) is 0 Å². The van der Waals surface area contributed by atoms with Crippen molar-refractivity contribution in [2.75, 3.05) is 5.73 Å². The van der Waals surface area contributed by atoms with Crippen molar-refractivity contribution in [3.63, 3.8) is 0 Å². The average Bonchev–Trinajstić information content (AvgIpc) is 2.44. The van der Waals surface area contributed by atoms with E-state index in [1.165, 1.54) is 12.1 Å². The topological polar surface area (TPSA) is 95.5 Å². The molecule has 0 saturated carbocycles. The molecule has 6 nitrogen and oxygen atoms in total. The molecule has 21 heavy (non-hydrogen) atoms. The average molecular weight is 307 g/mol. The Balaban J connectivity index is 2.08.